The fourth-order valence-corrected chi connectivity index (χ4v) is 5.85. The lowest BCUT2D eigenvalue weighted by Crippen LogP contribution is -2.62. The smallest absolute Gasteiger partial charge is 0.246 e. The number of hydrogen-bond acceptors (Lipinski definition) is 2. The summed E-state index contributed by atoms with van der Waals surface area (Å²) in [5.41, 5.74) is 5.35. The van der Waals surface area contributed by atoms with Gasteiger partial charge >= 0.3 is 0 Å². The van der Waals surface area contributed by atoms with E-state index in [0.717, 1.165) is 40.6 Å². The molecule has 0 radical (unpaired) electrons. The molecule has 2 aliphatic rings. The SMILES string of the molecule is O=C1[C@@H]2Cc3c([nH]c4ccccc34)[C@@H](CCc3ccccc3)N2C(=O)CN1Cc1ccccc1Cl. The summed E-state index contributed by atoms with van der Waals surface area (Å²) in [6.45, 7) is 0.405. The Balaban J connectivity index is 1.37. The van der Waals surface area contributed by atoms with Crippen LogP contribution in [0.3, 0.4) is 0 Å². The molecule has 0 bridgehead atoms. The average molecular weight is 484 g/mol. The summed E-state index contributed by atoms with van der Waals surface area (Å²) in [6.07, 6.45) is 2.10. The molecule has 6 heteroatoms. The summed E-state index contributed by atoms with van der Waals surface area (Å²) >= 11 is 6.37. The van der Waals surface area contributed by atoms with Gasteiger partial charge in [0.25, 0.3) is 0 Å². The van der Waals surface area contributed by atoms with Gasteiger partial charge in [-0.05, 0) is 41.7 Å². The number of nitrogens with zero attached hydrogens (tertiary/aromatic N) is 2. The molecule has 1 aromatic heterocycles. The number of amides is 2. The summed E-state index contributed by atoms with van der Waals surface area (Å²) in [5.74, 6) is -0.0193. The molecule has 3 heterocycles. The Morgan fingerprint density at radius 2 is 1.66 bits per heavy atom. The zero-order chi connectivity index (χ0) is 23.9. The quantitative estimate of drug-likeness (QED) is 0.419. The highest BCUT2D eigenvalue weighted by Gasteiger charge is 2.47. The van der Waals surface area contributed by atoms with Gasteiger partial charge in [-0.2, -0.15) is 0 Å². The van der Waals surface area contributed by atoms with Crippen LogP contribution < -0.4 is 0 Å². The van der Waals surface area contributed by atoms with E-state index >= 15 is 0 Å². The van der Waals surface area contributed by atoms with E-state index < -0.39 is 6.04 Å². The van der Waals surface area contributed by atoms with Crippen LogP contribution in [0.25, 0.3) is 10.9 Å². The van der Waals surface area contributed by atoms with Crippen molar-refractivity contribution in [2.45, 2.75) is 37.9 Å². The van der Waals surface area contributed by atoms with E-state index in [2.05, 4.69) is 29.2 Å². The van der Waals surface area contributed by atoms with E-state index in [0.29, 0.717) is 18.0 Å². The molecule has 2 amide bonds. The number of carbonyl (C=O) groups is 2. The zero-order valence-electron chi connectivity index (χ0n) is 19.3. The van der Waals surface area contributed by atoms with Crippen molar-refractivity contribution in [3.05, 3.63) is 106 Å². The van der Waals surface area contributed by atoms with Crippen molar-refractivity contribution in [3.8, 4) is 0 Å². The maximum Gasteiger partial charge on any atom is 0.246 e. The summed E-state index contributed by atoms with van der Waals surface area (Å²) in [5, 5.41) is 1.74. The number of fused-ring (bicyclic) bond motifs is 4. The molecule has 35 heavy (non-hydrogen) atoms. The molecule has 1 fully saturated rings. The van der Waals surface area contributed by atoms with Crippen molar-refractivity contribution in [3.63, 3.8) is 0 Å². The topological polar surface area (TPSA) is 56.4 Å². The van der Waals surface area contributed by atoms with Gasteiger partial charge in [0.2, 0.25) is 11.8 Å². The minimum atomic E-state index is -0.508. The van der Waals surface area contributed by atoms with Gasteiger partial charge in [0.15, 0.2) is 0 Å². The Morgan fingerprint density at radius 1 is 0.914 bits per heavy atom. The van der Waals surface area contributed by atoms with E-state index in [-0.39, 0.29) is 24.4 Å². The number of aromatic amines is 1. The number of carbonyl (C=O) groups excluding carboxylic acids is 2. The number of hydrogen-bond donors (Lipinski definition) is 1. The van der Waals surface area contributed by atoms with Crippen LogP contribution in [0.5, 0.6) is 0 Å². The van der Waals surface area contributed by atoms with Crippen molar-refractivity contribution >= 4 is 34.3 Å². The Morgan fingerprint density at radius 3 is 2.49 bits per heavy atom. The van der Waals surface area contributed by atoms with Gasteiger partial charge in [0, 0.05) is 34.6 Å². The van der Waals surface area contributed by atoms with Crippen LogP contribution in [0.15, 0.2) is 78.9 Å². The van der Waals surface area contributed by atoms with E-state index in [1.807, 2.05) is 59.5 Å². The first-order valence-corrected chi connectivity index (χ1v) is 12.4. The second-order valence-electron chi connectivity index (χ2n) is 9.41. The molecule has 0 aliphatic carbocycles. The first-order chi connectivity index (χ1) is 17.1. The molecule has 176 valence electrons. The molecule has 0 unspecified atom stereocenters. The highest BCUT2D eigenvalue weighted by atomic mass is 35.5. The highest BCUT2D eigenvalue weighted by Crippen LogP contribution is 2.41. The summed E-state index contributed by atoms with van der Waals surface area (Å²) in [6, 6.07) is 25.3. The van der Waals surface area contributed by atoms with Crippen LogP contribution in [0.1, 0.15) is 34.8 Å². The van der Waals surface area contributed by atoms with Gasteiger partial charge in [0.05, 0.1) is 6.04 Å². The number of benzene rings is 3. The summed E-state index contributed by atoms with van der Waals surface area (Å²) in [4.78, 5) is 34.5. The van der Waals surface area contributed by atoms with Gasteiger partial charge in [-0.15, -0.1) is 0 Å². The maximum absolute atomic E-state index is 13.8. The molecule has 2 aliphatic heterocycles. The molecule has 0 spiro atoms. The first kappa shape index (κ1) is 21.9. The van der Waals surface area contributed by atoms with E-state index in [1.165, 1.54) is 5.56 Å². The number of rotatable bonds is 5. The number of halogens is 1. The Hall–Kier alpha value is -3.57. The molecule has 2 atom stereocenters. The van der Waals surface area contributed by atoms with Crippen LogP contribution in [0.2, 0.25) is 5.02 Å². The second-order valence-corrected chi connectivity index (χ2v) is 9.82. The largest absolute Gasteiger partial charge is 0.356 e. The second kappa shape index (κ2) is 8.90. The first-order valence-electron chi connectivity index (χ1n) is 12.1. The number of aromatic nitrogens is 1. The molecule has 1 N–H and O–H groups in total. The third-order valence-corrected chi connectivity index (χ3v) is 7.70. The fraction of sp³-hybridized carbons (Fsp3) is 0.241. The third-order valence-electron chi connectivity index (χ3n) is 7.33. The number of piperazine rings is 1. The lowest BCUT2D eigenvalue weighted by Gasteiger charge is -2.47. The normalized spacial score (nSPS) is 19.7. The van der Waals surface area contributed by atoms with E-state index in [9.17, 15) is 9.59 Å². The van der Waals surface area contributed by atoms with Gasteiger partial charge < -0.3 is 14.8 Å². The van der Waals surface area contributed by atoms with Crippen LogP contribution in [0, 0.1) is 0 Å². The van der Waals surface area contributed by atoms with Gasteiger partial charge in [-0.1, -0.05) is 78.3 Å². The van der Waals surface area contributed by atoms with Crippen molar-refractivity contribution in [1.82, 2.24) is 14.8 Å². The average Bonchev–Trinajstić information content (AvgIpc) is 3.25. The van der Waals surface area contributed by atoms with Gasteiger partial charge in [0.1, 0.15) is 12.6 Å². The van der Waals surface area contributed by atoms with Crippen LogP contribution in [-0.2, 0) is 29.0 Å². The van der Waals surface area contributed by atoms with Gasteiger partial charge in [-0.3, -0.25) is 9.59 Å². The molecular formula is C29H26ClN3O2. The van der Waals surface area contributed by atoms with Crippen LogP contribution in [-0.4, -0.2) is 39.2 Å². The Bertz CT molecular complexity index is 1410. The molecule has 0 saturated carbocycles. The number of para-hydroxylation sites is 1. The predicted octanol–water partition coefficient (Wildman–Crippen LogP) is 5.29. The van der Waals surface area contributed by atoms with Crippen molar-refractivity contribution < 1.29 is 9.59 Å². The van der Waals surface area contributed by atoms with Crippen molar-refractivity contribution in [2.75, 3.05) is 6.54 Å². The maximum atomic E-state index is 13.8. The fourth-order valence-electron chi connectivity index (χ4n) is 5.66. The number of H-pyrrole nitrogens is 1. The molecule has 5 nitrogen and oxygen atoms in total. The van der Waals surface area contributed by atoms with Crippen LogP contribution in [0.4, 0.5) is 0 Å². The van der Waals surface area contributed by atoms with Crippen LogP contribution >= 0.6 is 11.6 Å². The molecule has 4 aromatic rings. The van der Waals surface area contributed by atoms with E-state index in [4.69, 9.17) is 11.6 Å². The standard InChI is InChI=1S/C29H26ClN3O2/c30-23-12-6-4-10-20(23)17-32-18-27(34)33-25(15-14-19-8-2-1-3-9-19)28-22(16-26(33)29(32)35)21-11-5-7-13-24(21)31-28/h1-13,25-26,31H,14-18H2/t25-,26+/m1/s1. The highest BCUT2D eigenvalue weighted by molar-refractivity contribution is 6.31. The molecule has 6 rings (SSSR count). The lowest BCUT2D eigenvalue weighted by molar-refractivity contribution is -0.160. The summed E-state index contributed by atoms with van der Waals surface area (Å²) in [7, 11) is 0. The zero-order valence-corrected chi connectivity index (χ0v) is 20.0. The van der Waals surface area contributed by atoms with Gasteiger partial charge in [-0.25, -0.2) is 0 Å². The molecule has 3 aromatic carbocycles. The monoisotopic (exact) mass is 483 g/mol. The minimum Gasteiger partial charge on any atom is -0.356 e. The minimum absolute atomic E-state index is 0.00911. The van der Waals surface area contributed by atoms with E-state index in [1.54, 1.807) is 4.90 Å². The molecular weight excluding hydrogens is 458 g/mol. The predicted molar refractivity (Wildman–Crippen MR) is 137 cm³/mol. The van der Waals surface area contributed by atoms with Crippen molar-refractivity contribution in [1.29, 1.82) is 0 Å². The number of aryl methyl sites for hydroxylation is 1. The number of nitrogens with one attached hydrogen (secondary N) is 1. The Kier molecular flexibility index (Phi) is 5.57. The third kappa shape index (κ3) is 3.90. The molecule has 1 saturated heterocycles. The Labute approximate surface area is 209 Å². The summed E-state index contributed by atoms with van der Waals surface area (Å²) < 4.78 is 0. The lowest BCUT2D eigenvalue weighted by atomic mass is 9.86. The van der Waals surface area contributed by atoms with Crippen molar-refractivity contribution in [2.24, 2.45) is 0 Å².